The molecule has 0 aliphatic heterocycles. The van der Waals surface area contributed by atoms with E-state index in [2.05, 4.69) is 6.92 Å². The van der Waals surface area contributed by atoms with Gasteiger partial charge in [0.2, 0.25) is 0 Å². The van der Waals surface area contributed by atoms with Crippen LogP contribution in [-0.2, 0) is 4.74 Å². The predicted octanol–water partition coefficient (Wildman–Crippen LogP) is 2.74. The molecule has 1 rings (SSSR count). The smallest absolute Gasteiger partial charge is 0.0830 e. The third-order valence-electron chi connectivity index (χ3n) is 3.35. The molecule has 0 radical (unpaired) electrons. The van der Waals surface area contributed by atoms with Crippen LogP contribution in [0, 0.1) is 5.92 Å². The molecule has 0 amide bonds. The van der Waals surface area contributed by atoms with Gasteiger partial charge in [-0.15, -0.1) is 0 Å². The highest BCUT2D eigenvalue weighted by Gasteiger charge is 2.24. The molecule has 14 heavy (non-hydrogen) atoms. The molecule has 2 unspecified atom stereocenters. The van der Waals surface area contributed by atoms with Gasteiger partial charge in [-0.05, 0) is 18.8 Å². The Morgan fingerprint density at radius 2 is 2.00 bits per heavy atom. The van der Waals surface area contributed by atoms with E-state index in [0.717, 1.165) is 25.2 Å². The summed E-state index contributed by atoms with van der Waals surface area (Å²) in [5.41, 5.74) is 0. The van der Waals surface area contributed by atoms with E-state index < -0.39 is 0 Å². The first-order valence-electron chi connectivity index (χ1n) is 5.98. The highest BCUT2D eigenvalue weighted by molar-refractivity contribution is 4.76. The zero-order chi connectivity index (χ0) is 10.4. The molecule has 0 bridgehead atoms. The van der Waals surface area contributed by atoms with Gasteiger partial charge in [0.1, 0.15) is 0 Å². The van der Waals surface area contributed by atoms with Crippen molar-refractivity contribution in [1.29, 1.82) is 0 Å². The minimum Gasteiger partial charge on any atom is -0.390 e. The number of hydrogen-bond donors (Lipinski definition) is 1. The minimum absolute atomic E-state index is 0.0561. The van der Waals surface area contributed by atoms with E-state index in [0.29, 0.717) is 0 Å². The van der Waals surface area contributed by atoms with E-state index in [1.807, 2.05) is 0 Å². The molecule has 0 spiro atoms. The third kappa shape index (κ3) is 3.58. The van der Waals surface area contributed by atoms with E-state index in [1.165, 1.54) is 25.7 Å². The van der Waals surface area contributed by atoms with Crippen LogP contribution in [0.2, 0.25) is 0 Å². The molecule has 0 aromatic heterocycles. The number of rotatable bonds is 6. The largest absolute Gasteiger partial charge is 0.390 e. The summed E-state index contributed by atoms with van der Waals surface area (Å²) in [4.78, 5) is 0. The van der Waals surface area contributed by atoms with Crippen molar-refractivity contribution in [2.75, 3.05) is 7.11 Å². The second-order valence-corrected chi connectivity index (χ2v) is 4.52. The Balaban J connectivity index is 2.26. The summed E-state index contributed by atoms with van der Waals surface area (Å²) in [5, 5.41) is 9.98. The molecule has 2 atom stereocenters. The van der Waals surface area contributed by atoms with Crippen LogP contribution in [0.25, 0.3) is 0 Å². The SMILES string of the molecule is CCCC(OC)C(O)CC1CCCC1. The fourth-order valence-corrected chi connectivity index (χ4v) is 2.49. The van der Waals surface area contributed by atoms with Gasteiger partial charge in [-0.2, -0.15) is 0 Å². The lowest BCUT2D eigenvalue weighted by Gasteiger charge is -2.23. The standard InChI is InChI=1S/C12H24O2/c1-3-6-12(14-2)11(13)9-10-7-4-5-8-10/h10-13H,3-9H2,1-2H3. The van der Waals surface area contributed by atoms with E-state index >= 15 is 0 Å². The molecule has 1 fully saturated rings. The van der Waals surface area contributed by atoms with Gasteiger partial charge >= 0.3 is 0 Å². The van der Waals surface area contributed by atoms with Crippen molar-refractivity contribution in [1.82, 2.24) is 0 Å². The summed E-state index contributed by atoms with van der Waals surface area (Å²) in [5.74, 6) is 0.750. The van der Waals surface area contributed by atoms with Crippen LogP contribution in [0.3, 0.4) is 0 Å². The average molecular weight is 200 g/mol. The number of hydrogen-bond acceptors (Lipinski definition) is 2. The first kappa shape index (κ1) is 12.0. The molecule has 1 aliphatic carbocycles. The number of ether oxygens (including phenoxy) is 1. The second kappa shape index (κ2) is 6.41. The van der Waals surface area contributed by atoms with E-state index in [-0.39, 0.29) is 12.2 Å². The molecular weight excluding hydrogens is 176 g/mol. The van der Waals surface area contributed by atoms with Crippen molar-refractivity contribution in [3.63, 3.8) is 0 Å². The Bertz CT molecular complexity index is 141. The average Bonchev–Trinajstić information content (AvgIpc) is 2.66. The van der Waals surface area contributed by atoms with Gasteiger partial charge in [0.15, 0.2) is 0 Å². The van der Waals surface area contributed by atoms with Crippen LogP contribution in [0.4, 0.5) is 0 Å². The van der Waals surface area contributed by atoms with E-state index in [9.17, 15) is 5.11 Å². The van der Waals surface area contributed by atoms with Crippen molar-refractivity contribution < 1.29 is 9.84 Å². The van der Waals surface area contributed by atoms with Crippen molar-refractivity contribution in [2.24, 2.45) is 5.92 Å². The van der Waals surface area contributed by atoms with E-state index in [1.54, 1.807) is 7.11 Å². The van der Waals surface area contributed by atoms with Gasteiger partial charge in [0.25, 0.3) is 0 Å². The molecule has 2 nitrogen and oxygen atoms in total. The van der Waals surface area contributed by atoms with Gasteiger partial charge in [-0.3, -0.25) is 0 Å². The Morgan fingerprint density at radius 1 is 1.36 bits per heavy atom. The van der Waals surface area contributed by atoms with Crippen LogP contribution >= 0.6 is 0 Å². The lowest BCUT2D eigenvalue weighted by atomic mass is 9.95. The maximum atomic E-state index is 9.98. The highest BCUT2D eigenvalue weighted by atomic mass is 16.5. The predicted molar refractivity (Wildman–Crippen MR) is 58.3 cm³/mol. The molecule has 1 saturated carbocycles. The van der Waals surface area contributed by atoms with Crippen LogP contribution in [0.15, 0.2) is 0 Å². The Kier molecular flexibility index (Phi) is 5.49. The molecular formula is C12H24O2. The summed E-state index contributed by atoms with van der Waals surface area (Å²) in [6, 6.07) is 0. The van der Waals surface area contributed by atoms with Gasteiger partial charge in [0.05, 0.1) is 12.2 Å². The number of aliphatic hydroxyl groups is 1. The lowest BCUT2D eigenvalue weighted by Crippen LogP contribution is -2.29. The second-order valence-electron chi connectivity index (χ2n) is 4.52. The summed E-state index contributed by atoms with van der Waals surface area (Å²) >= 11 is 0. The maximum Gasteiger partial charge on any atom is 0.0830 e. The summed E-state index contributed by atoms with van der Waals surface area (Å²) in [6.45, 7) is 2.13. The lowest BCUT2D eigenvalue weighted by molar-refractivity contribution is -0.0270. The summed E-state index contributed by atoms with van der Waals surface area (Å²) < 4.78 is 5.31. The van der Waals surface area contributed by atoms with Crippen molar-refractivity contribution in [3.05, 3.63) is 0 Å². The van der Waals surface area contributed by atoms with Crippen LogP contribution < -0.4 is 0 Å². The minimum atomic E-state index is -0.247. The maximum absolute atomic E-state index is 9.98. The van der Waals surface area contributed by atoms with Crippen LogP contribution in [0.5, 0.6) is 0 Å². The molecule has 2 heteroatoms. The monoisotopic (exact) mass is 200 g/mol. The molecule has 1 aliphatic rings. The molecule has 0 aromatic rings. The Morgan fingerprint density at radius 3 is 2.50 bits per heavy atom. The molecule has 0 saturated heterocycles. The topological polar surface area (TPSA) is 29.5 Å². The number of methoxy groups -OCH3 is 1. The van der Waals surface area contributed by atoms with Crippen LogP contribution in [0.1, 0.15) is 51.9 Å². The summed E-state index contributed by atoms with van der Waals surface area (Å²) in [6.07, 6.45) is 8.12. The zero-order valence-corrected chi connectivity index (χ0v) is 9.54. The van der Waals surface area contributed by atoms with E-state index in [4.69, 9.17) is 4.74 Å². The first-order chi connectivity index (χ1) is 6.77. The quantitative estimate of drug-likeness (QED) is 0.714. The van der Waals surface area contributed by atoms with Crippen LogP contribution in [-0.4, -0.2) is 24.4 Å². The van der Waals surface area contributed by atoms with Gasteiger partial charge in [-0.1, -0.05) is 39.0 Å². The van der Waals surface area contributed by atoms with Gasteiger partial charge in [0, 0.05) is 7.11 Å². The van der Waals surface area contributed by atoms with Crippen molar-refractivity contribution in [2.45, 2.75) is 64.1 Å². The number of aliphatic hydroxyl groups excluding tert-OH is 1. The fourth-order valence-electron chi connectivity index (χ4n) is 2.49. The molecule has 84 valence electrons. The molecule has 0 aromatic carbocycles. The Labute approximate surface area is 87.7 Å². The normalized spacial score (nSPS) is 22.5. The third-order valence-corrected chi connectivity index (χ3v) is 3.35. The summed E-state index contributed by atoms with van der Waals surface area (Å²) in [7, 11) is 1.71. The van der Waals surface area contributed by atoms with Gasteiger partial charge < -0.3 is 9.84 Å². The first-order valence-corrected chi connectivity index (χ1v) is 5.98. The fraction of sp³-hybridized carbons (Fsp3) is 1.00. The molecule has 1 N–H and O–H groups in total. The molecule has 0 heterocycles. The zero-order valence-electron chi connectivity index (χ0n) is 9.54. The Hall–Kier alpha value is -0.0800. The highest BCUT2D eigenvalue weighted by Crippen LogP contribution is 2.29. The van der Waals surface area contributed by atoms with Gasteiger partial charge in [-0.25, -0.2) is 0 Å². The van der Waals surface area contributed by atoms with Crippen molar-refractivity contribution >= 4 is 0 Å². The van der Waals surface area contributed by atoms with Crippen molar-refractivity contribution in [3.8, 4) is 0 Å².